The first-order chi connectivity index (χ1) is 9.11. The lowest BCUT2D eigenvalue weighted by molar-refractivity contribution is 0.0789. The van der Waals surface area contributed by atoms with Gasteiger partial charge in [0.15, 0.2) is 0 Å². The Morgan fingerprint density at radius 1 is 1.53 bits per heavy atom. The van der Waals surface area contributed by atoms with Gasteiger partial charge in [-0.05, 0) is 37.0 Å². The minimum atomic E-state index is 0.0884. The standard InChI is InChI=1S/C15H21ClN2O/c1-3-7-17-14-5-4-12(16)9-13(14)15(19)18-8-6-11(2)10-18/h4-5,9,11,17H,3,6-8,10H2,1-2H3. The summed E-state index contributed by atoms with van der Waals surface area (Å²) in [6.07, 6.45) is 2.11. The fourth-order valence-corrected chi connectivity index (χ4v) is 2.57. The molecule has 1 aliphatic heterocycles. The fraction of sp³-hybridized carbons (Fsp3) is 0.533. The molecule has 2 rings (SSSR count). The molecule has 1 N–H and O–H groups in total. The molecule has 1 fully saturated rings. The molecule has 0 saturated carbocycles. The summed E-state index contributed by atoms with van der Waals surface area (Å²) in [4.78, 5) is 14.5. The number of benzene rings is 1. The predicted octanol–water partition coefficient (Wildman–Crippen LogP) is 3.64. The van der Waals surface area contributed by atoms with Crippen LogP contribution < -0.4 is 5.32 Å². The summed E-state index contributed by atoms with van der Waals surface area (Å²) in [5.74, 6) is 0.681. The second-order valence-electron chi connectivity index (χ2n) is 5.26. The van der Waals surface area contributed by atoms with E-state index in [0.717, 1.165) is 38.2 Å². The van der Waals surface area contributed by atoms with E-state index in [-0.39, 0.29) is 5.91 Å². The molecule has 1 heterocycles. The van der Waals surface area contributed by atoms with Gasteiger partial charge in [-0.3, -0.25) is 4.79 Å². The van der Waals surface area contributed by atoms with E-state index in [1.54, 1.807) is 6.07 Å². The van der Waals surface area contributed by atoms with Gasteiger partial charge in [0.2, 0.25) is 0 Å². The van der Waals surface area contributed by atoms with Crippen molar-refractivity contribution in [1.29, 1.82) is 0 Å². The topological polar surface area (TPSA) is 32.3 Å². The van der Waals surface area contributed by atoms with E-state index < -0.39 is 0 Å². The molecule has 1 amide bonds. The summed E-state index contributed by atoms with van der Waals surface area (Å²) in [5, 5.41) is 3.91. The summed E-state index contributed by atoms with van der Waals surface area (Å²) in [7, 11) is 0. The molecular weight excluding hydrogens is 260 g/mol. The van der Waals surface area contributed by atoms with Gasteiger partial charge in [0.05, 0.1) is 5.56 Å². The van der Waals surface area contributed by atoms with Crippen LogP contribution in [0.4, 0.5) is 5.69 Å². The maximum absolute atomic E-state index is 12.6. The highest BCUT2D eigenvalue weighted by Crippen LogP contribution is 2.25. The lowest BCUT2D eigenvalue weighted by atomic mass is 10.1. The quantitative estimate of drug-likeness (QED) is 0.913. The number of carbonyl (C=O) groups excluding carboxylic acids is 1. The first kappa shape index (κ1) is 14.2. The molecule has 0 aliphatic carbocycles. The molecular formula is C15H21ClN2O. The number of nitrogens with one attached hydrogen (secondary N) is 1. The van der Waals surface area contributed by atoms with E-state index in [0.29, 0.717) is 16.5 Å². The molecule has 1 aromatic rings. The van der Waals surface area contributed by atoms with Crippen molar-refractivity contribution < 1.29 is 4.79 Å². The Kier molecular flexibility index (Phi) is 4.70. The maximum Gasteiger partial charge on any atom is 0.256 e. The Morgan fingerprint density at radius 3 is 2.95 bits per heavy atom. The Balaban J connectivity index is 2.21. The molecule has 1 aromatic carbocycles. The normalized spacial score (nSPS) is 18.7. The average molecular weight is 281 g/mol. The summed E-state index contributed by atoms with van der Waals surface area (Å²) >= 11 is 6.03. The summed E-state index contributed by atoms with van der Waals surface area (Å²) in [6.45, 7) is 6.84. The molecule has 0 bridgehead atoms. The van der Waals surface area contributed by atoms with Crippen LogP contribution in [-0.4, -0.2) is 30.4 Å². The average Bonchev–Trinajstić information content (AvgIpc) is 2.83. The molecule has 1 saturated heterocycles. The van der Waals surface area contributed by atoms with Gasteiger partial charge < -0.3 is 10.2 Å². The molecule has 0 aromatic heterocycles. The number of amides is 1. The van der Waals surface area contributed by atoms with Crippen molar-refractivity contribution in [2.75, 3.05) is 25.0 Å². The van der Waals surface area contributed by atoms with E-state index >= 15 is 0 Å². The van der Waals surface area contributed by atoms with E-state index in [1.807, 2.05) is 17.0 Å². The fourth-order valence-electron chi connectivity index (χ4n) is 2.40. The van der Waals surface area contributed by atoms with Crippen LogP contribution >= 0.6 is 11.6 Å². The van der Waals surface area contributed by atoms with Crippen LogP contribution in [0.2, 0.25) is 5.02 Å². The minimum absolute atomic E-state index is 0.0884. The van der Waals surface area contributed by atoms with Crippen molar-refractivity contribution in [3.8, 4) is 0 Å². The second-order valence-corrected chi connectivity index (χ2v) is 5.70. The smallest absolute Gasteiger partial charge is 0.256 e. The zero-order chi connectivity index (χ0) is 13.8. The molecule has 4 heteroatoms. The van der Waals surface area contributed by atoms with Crippen molar-refractivity contribution in [3.63, 3.8) is 0 Å². The van der Waals surface area contributed by atoms with E-state index in [4.69, 9.17) is 11.6 Å². The highest BCUT2D eigenvalue weighted by atomic mass is 35.5. The van der Waals surface area contributed by atoms with E-state index in [1.165, 1.54) is 0 Å². The first-order valence-electron chi connectivity index (χ1n) is 6.94. The highest BCUT2D eigenvalue weighted by molar-refractivity contribution is 6.31. The Labute approximate surface area is 119 Å². The van der Waals surface area contributed by atoms with Gasteiger partial charge in [-0.15, -0.1) is 0 Å². The lowest BCUT2D eigenvalue weighted by Gasteiger charge is -2.19. The summed E-state index contributed by atoms with van der Waals surface area (Å²) in [5.41, 5.74) is 1.57. The maximum atomic E-state index is 12.6. The number of halogens is 1. The van der Waals surface area contributed by atoms with Crippen molar-refractivity contribution in [1.82, 2.24) is 4.90 Å². The van der Waals surface area contributed by atoms with Gasteiger partial charge in [-0.25, -0.2) is 0 Å². The summed E-state index contributed by atoms with van der Waals surface area (Å²) < 4.78 is 0. The number of nitrogens with zero attached hydrogens (tertiary/aromatic N) is 1. The second kappa shape index (κ2) is 6.29. The zero-order valence-corrected chi connectivity index (χ0v) is 12.3. The molecule has 104 valence electrons. The Morgan fingerprint density at radius 2 is 2.32 bits per heavy atom. The molecule has 1 unspecified atom stereocenters. The van der Waals surface area contributed by atoms with E-state index in [2.05, 4.69) is 19.2 Å². The predicted molar refractivity (Wildman–Crippen MR) is 79.9 cm³/mol. The number of hydrogen-bond acceptors (Lipinski definition) is 2. The van der Waals surface area contributed by atoms with Crippen molar-refractivity contribution in [2.24, 2.45) is 5.92 Å². The summed E-state index contributed by atoms with van der Waals surface area (Å²) in [6, 6.07) is 5.48. The van der Waals surface area contributed by atoms with Crippen molar-refractivity contribution in [3.05, 3.63) is 28.8 Å². The number of anilines is 1. The molecule has 19 heavy (non-hydrogen) atoms. The minimum Gasteiger partial charge on any atom is -0.384 e. The third-order valence-corrected chi connectivity index (χ3v) is 3.72. The molecule has 3 nitrogen and oxygen atoms in total. The van der Waals surface area contributed by atoms with Crippen LogP contribution in [0, 0.1) is 5.92 Å². The molecule has 1 atom stereocenters. The number of likely N-dealkylation sites (tertiary alicyclic amines) is 1. The third-order valence-electron chi connectivity index (χ3n) is 3.49. The van der Waals surface area contributed by atoms with Gasteiger partial charge >= 0.3 is 0 Å². The van der Waals surface area contributed by atoms with Crippen LogP contribution in [0.15, 0.2) is 18.2 Å². The van der Waals surface area contributed by atoms with Gasteiger partial charge in [-0.1, -0.05) is 25.4 Å². The number of hydrogen-bond donors (Lipinski definition) is 1. The molecule has 1 aliphatic rings. The molecule has 0 spiro atoms. The van der Waals surface area contributed by atoms with Gasteiger partial charge in [0.1, 0.15) is 0 Å². The number of rotatable bonds is 4. The highest BCUT2D eigenvalue weighted by Gasteiger charge is 2.25. The van der Waals surface area contributed by atoms with E-state index in [9.17, 15) is 4.79 Å². The van der Waals surface area contributed by atoms with Crippen molar-refractivity contribution in [2.45, 2.75) is 26.7 Å². The SMILES string of the molecule is CCCNc1ccc(Cl)cc1C(=O)N1CCC(C)C1. The van der Waals surface area contributed by atoms with Crippen molar-refractivity contribution >= 4 is 23.2 Å². The Hall–Kier alpha value is -1.22. The van der Waals surface area contributed by atoms with Crippen LogP contribution in [-0.2, 0) is 0 Å². The first-order valence-corrected chi connectivity index (χ1v) is 7.32. The monoisotopic (exact) mass is 280 g/mol. The van der Waals surface area contributed by atoms with Crippen LogP contribution in [0.1, 0.15) is 37.0 Å². The van der Waals surface area contributed by atoms with Gasteiger partial charge in [0.25, 0.3) is 5.91 Å². The zero-order valence-electron chi connectivity index (χ0n) is 11.6. The van der Waals surface area contributed by atoms with Crippen LogP contribution in [0.3, 0.4) is 0 Å². The molecule has 0 radical (unpaired) electrons. The third kappa shape index (κ3) is 3.41. The van der Waals surface area contributed by atoms with Crippen LogP contribution in [0.5, 0.6) is 0 Å². The van der Waals surface area contributed by atoms with Crippen LogP contribution in [0.25, 0.3) is 0 Å². The largest absolute Gasteiger partial charge is 0.384 e. The van der Waals surface area contributed by atoms with Gasteiger partial charge in [-0.2, -0.15) is 0 Å². The van der Waals surface area contributed by atoms with Gasteiger partial charge in [0, 0.05) is 30.3 Å². The Bertz CT molecular complexity index is 461. The number of carbonyl (C=O) groups is 1. The lowest BCUT2D eigenvalue weighted by Crippen LogP contribution is -2.29.